The number of aliphatic hydroxyl groups is 1. The minimum absolute atomic E-state index is 0.118. The molecule has 4 amide bonds. The number of anilines is 2. The number of hydrogen-bond donors (Lipinski definition) is 4. The summed E-state index contributed by atoms with van der Waals surface area (Å²) in [6, 6.07) is 24.1. The zero-order chi connectivity index (χ0) is 39.1. The van der Waals surface area contributed by atoms with Gasteiger partial charge in [-0.3, -0.25) is 24.5 Å². The number of nitrogens with zero attached hydrogens (tertiary/aromatic N) is 2. The van der Waals surface area contributed by atoms with Gasteiger partial charge in [0.2, 0.25) is 27.7 Å². The fourth-order valence-corrected chi connectivity index (χ4v) is 10.2. The number of benzene rings is 4. The second kappa shape index (κ2) is 15.3. The molecule has 1 unspecified atom stereocenters. The highest BCUT2D eigenvalue weighted by Crippen LogP contribution is 2.49. The second-order valence-electron chi connectivity index (χ2n) is 14.8. The lowest BCUT2D eigenvalue weighted by Crippen LogP contribution is -2.52. The lowest BCUT2D eigenvalue weighted by atomic mass is 9.82. The first-order chi connectivity index (χ1) is 27.0. The van der Waals surface area contributed by atoms with Crippen LogP contribution in [-0.2, 0) is 42.1 Å². The van der Waals surface area contributed by atoms with Gasteiger partial charge in [-0.2, -0.15) is 4.31 Å². The first-order valence-electron chi connectivity index (χ1n) is 18.8. The fraction of sp³-hybridized carbons (Fsp3) is 0.333. The highest BCUT2D eigenvalue weighted by Gasteiger charge is 2.48. The number of fused-ring (bicyclic) bond motifs is 4. The summed E-state index contributed by atoms with van der Waals surface area (Å²) in [5, 5.41) is 18.9. The summed E-state index contributed by atoms with van der Waals surface area (Å²) >= 11 is 0. The average Bonchev–Trinajstić information content (AvgIpc) is 3.79. The van der Waals surface area contributed by atoms with E-state index in [1.54, 1.807) is 46.8 Å². The first kappa shape index (κ1) is 37.5. The minimum Gasteiger partial charge on any atom is -0.394 e. The number of sulfonamides is 1. The van der Waals surface area contributed by atoms with Gasteiger partial charge in [-0.05, 0) is 96.5 Å². The van der Waals surface area contributed by atoms with E-state index in [1.165, 1.54) is 4.90 Å². The number of hydrogen-bond acceptors (Lipinski definition) is 9. The average molecular weight is 778 g/mol. The number of nitrogens with one attached hydrogen (secondary N) is 3. The summed E-state index contributed by atoms with van der Waals surface area (Å²) in [5.74, 6) is -1.49. The van der Waals surface area contributed by atoms with Crippen molar-refractivity contribution in [2.24, 2.45) is 5.92 Å². The molecule has 0 aliphatic carbocycles. The van der Waals surface area contributed by atoms with Crippen molar-refractivity contribution in [2.75, 3.05) is 37.0 Å². The zero-order valence-electron chi connectivity index (χ0n) is 30.9. The third-order valence-electron chi connectivity index (χ3n) is 11.4. The molecule has 8 rings (SSSR count). The molecule has 4 aliphatic rings. The van der Waals surface area contributed by atoms with Gasteiger partial charge in [-0.1, -0.05) is 48.0 Å². The van der Waals surface area contributed by atoms with Gasteiger partial charge in [0.15, 0.2) is 0 Å². The van der Waals surface area contributed by atoms with Gasteiger partial charge in [0.1, 0.15) is 12.6 Å². The van der Waals surface area contributed by atoms with E-state index in [0.717, 1.165) is 39.1 Å². The molecule has 4 aromatic rings. The van der Waals surface area contributed by atoms with Crippen LogP contribution in [0.5, 0.6) is 0 Å². The number of piperidine rings is 1. The molecule has 4 aromatic carbocycles. The van der Waals surface area contributed by atoms with Crippen LogP contribution in [-0.4, -0.2) is 84.8 Å². The number of amides is 4. The lowest BCUT2D eigenvalue weighted by Gasteiger charge is -2.39. The first-order valence-corrected chi connectivity index (χ1v) is 20.3. The maximum absolute atomic E-state index is 14.0. The van der Waals surface area contributed by atoms with Gasteiger partial charge in [-0.25, -0.2) is 8.42 Å². The largest absolute Gasteiger partial charge is 0.394 e. The number of ether oxygens (including phenoxy) is 1. The molecule has 0 aromatic heterocycles. The van der Waals surface area contributed by atoms with Crippen molar-refractivity contribution in [3.63, 3.8) is 0 Å². The maximum Gasteiger partial charge on any atom is 0.255 e. The maximum atomic E-state index is 14.0. The Morgan fingerprint density at radius 1 is 0.964 bits per heavy atom. The summed E-state index contributed by atoms with van der Waals surface area (Å²) < 4.78 is 35.3. The Kier molecular flexibility index (Phi) is 10.2. The molecular formula is C42H43N5O8S. The summed E-state index contributed by atoms with van der Waals surface area (Å²) in [5.41, 5.74) is 7.09. The fourth-order valence-electron chi connectivity index (χ4n) is 8.52. The molecule has 4 heterocycles. The third-order valence-corrected chi connectivity index (χ3v) is 13.3. The smallest absolute Gasteiger partial charge is 0.255 e. The van der Waals surface area contributed by atoms with Crippen molar-refractivity contribution < 1.29 is 37.4 Å². The SMILES string of the molecule is Cc1ccc(S(=O)(=O)N2CC[C@@H]3[C@H](CO)Nc4ccc(-c5cccc(NC(=O)COCCc6cccc7c6CN(C6CCC(=O)NC6=O)C7=O)c5)cc4[C@@H]32)cc1. The van der Waals surface area contributed by atoms with E-state index < -0.39 is 28.0 Å². The molecule has 13 nitrogen and oxygen atoms in total. The molecule has 0 spiro atoms. The van der Waals surface area contributed by atoms with E-state index in [4.69, 9.17) is 4.74 Å². The summed E-state index contributed by atoms with van der Waals surface area (Å²) in [7, 11) is -3.81. The van der Waals surface area contributed by atoms with Crippen LogP contribution in [0.2, 0.25) is 0 Å². The molecule has 4 atom stereocenters. The number of carbonyl (C=O) groups excluding carboxylic acids is 4. The molecule has 56 heavy (non-hydrogen) atoms. The quantitative estimate of drug-likeness (QED) is 0.129. The number of aryl methyl sites for hydroxylation is 1. The van der Waals surface area contributed by atoms with Gasteiger partial charge in [0, 0.05) is 42.4 Å². The van der Waals surface area contributed by atoms with Crippen molar-refractivity contribution in [1.29, 1.82) is 0 Å². The standard InChI is InChI=1S/C42H43N5O8S/c1-25-8-11-30(12-9-25)56(53,54)47-18-16-32-36(23-48)44-35-13-10-28(21-33(35)40(32)47)27-5-2-6-29(20-27)43-39(50)24-55-19-17-26-4-3-7-31-34(26)22-46(42(31)52)37-14-15-38(49)45-41(37)51/h2-13,20-21,32,36-37,40,44,48H,14-19,22-24H2,1H3,(H,43,50)(H,45,49,51)/t32-,36+,37?,40-/m1/s1. The van der Waals surface area contributed by atoms with Crippen molar-refractivity contribution in [3.8, 4) is 11.1 Å². The molecule has 2 saturated heterocycles. The van der Waals surface area contributed by atoms with Crippen molar-refractivity contribution in [1.82, 2.24) is 14.5 Å². The van der Waals surface area contributed by atoms with E-state index in [2.05, 4.69) is 16.0 Å². The number of aliphatic hydroxyl groups excluding tert-OH is 1. The Morgan fingerprint density at radius 2 is 1.75 bits per heavy atom. The highest BCUT2D eigenvalue weighted by atomic mass is 32.2. The van der Waals surface area contributed by atoms with Crippen molar-refractivity contribution >= 4 is 45.0 Å². The van der Waals surface area contributed by atoms with E-state index in [1.807, 2.05) is 49.4 Å². The molecule has 0 bridgehead atoms. The van der Waals surface area contributed by atoms with Crippen LogP contribution < -0.4 is 16.0 Å². The van der Waals surface area contributed by atoms with Gasteiger partial charge in [0.25, 0.3) is 5.91 Å². The number of rotatable bonds is 11. The van der Waals surface area contributed by atoms with Crippen molar-refractivity contribution in [2.45, 2.75) is 62.2 Å². The monoisotopic (exact) mass is 777 g/mol. The van der Waals surface area contributed by atoms with Crippen LogP contribution in [0, 0.1) is 12.8 Å². The van der Waals surface area contributed by atoms with Crippen molar-refractivity contribution in [3.05, 3.63) is 113 Å². The molecule has 0 saturated carbocycles. The van der Waals surface area contributed by atoms with E-state index in [0.29, 0.717) is 37.1 Å². The van der Waals surface area contributed by atoms with Gasteiger partial charge >= 0.3 is 0 Å². The van der Waals surface area contributed by atoms with Crippen LogP contribution in [0.3, 0.4) is 0 Å². The molecule has 4 aliphatic heterocycles. The molecule has 14 heteroatoms. The predicted molar refractivity (Wildman–Crippen MR) is 208 cm³/mol. The number of carbonyl (C=O) groups is 4. The molecule has 290 valence electrons. The zero-order valence-corrected chi connectivity index (χ0v) is 31.7. The lowest BCUT2D eigenvalue weighted by molar-refractivity contribution is -0.137. The summed E-state index contributed by atoms with van der Waals surface area (Å²) in [4.78, 5) is 52.0. The molecular weight excluding hydrogens is 735 g/mol. The van der Waals surface area contributed by atoms with Crippen LogP contribution in [0.15, 0.2) is 89.8 Å². The third kappa shape index (κ3) is 7.09. The van der Waals surface area contributed by atoms with Gasteiger partial charge < -0.3 is 25.4 Å². The number of imide groups is 1. The molecule has 2 fully saturated rings. The normalized spacial score (nSPS) is 21.9. The summed E-state index contributed by atoms with van der Waals surface area (Å²) in [6.07, 6.45) is 1.54. The van der Waals surface area contributed by atoms with E-state index in [-0.39, 0.29) is 67.4 Å². The highest BCUT2D eigenvalue weighted by molar-refractivity contribution is 7.89. The van der Waals surface area contributed by atoms with Gasteiger partial charge in [-0.15, -0.1) is 0 Å². The van der Waals surface area contributed by atoms with E-state index >= 15 is 0 Å². The van der Waals surface area contributed by atoms with Crippen LogP contribution in [0.4, 0.5) is 11.4 Å². The Bertz CT molecular complexity index is 2330. The molecule has 4 N–H and O–H groups in total. The Labute approximate surface area is 325 Å². The minimum atomic E-state index is -3.81. The Morgan fingerprint density at radius 3 is 2.54 bits per heavy atom. The van der Waals surface area contributed by atoms with E-state index in [9.17, 15) is 32.7 Å². The second-order valence-corrected chi connectivity index (χ2v) is 16.7. The topological polar surface area (TPSA) is 174 Å². The van der Waals surface area contributed by atoms with Crippen LogP contribution in [0.1, 0.15) is 57.9 Å². The van der Waals surface area contributed by atoms with Crippen LogP contribution >= 0.6 is 0 Å². The van der Waals surface area contributed by atoms with Crippen LogP contribution in [0.25, 0.3) is 11.1 Å². The Balaban J connectivity index is 0.916. The molecule has 0 radical (unpaired) electrons. The Hall–Kier alpha value is -5.41. The summed E-state index contributed by atoms with van der Waals surface area (Å²) in [6.45, 7) is 2.45. The predicted octanol–water partition coefficient (Wildman–Crippen LogP) is 4.16. The van der Waals surface area contributed by atoms with Gasteiger partial charge in [0.05, 0.1) is 30.2 Å².